The van der Waals surface area contributed by atoms with Gasteiger partial charge in [-0.2, -0.15) is 0 Å². The van der Waals surface area contributed by atoms with Crippen LogP contribution in [0.15, 0.2) is 18.2 Å². The van der Waals surface area contributed by atoms with Crippen molar-refractivity contribution in [3.8, 4) is 11.5 Å². The first-order chi connectivity index (χ1) is 7.83. The van der Waals surface area contributed by atoms with E-state index >= 15 is 0 Å². The van der Waals surface area contributed by atoms with Gasteiger partial charge < -0.3 is 19.9 Å². The molecule has 0 saturated carbocycles. The van der Waals surface area contributed by atoms with Gasteiger partial charge in [-0.25, -0.2) is 0 Å². The van der Waals surface area contributed by atoms with Crippen molar-refractivity contribution in [2.75, 3.05) is 20.4 Å². The van der Waals surface area contributed by atoms with Crippen LogP contribution in [0.5, 0.6) is 11.5 Å². The quantitative estimate of drug-likeness (QED) is 0.782. The van der Waals surface area contributed by atoms with Gasteiger partial charge in [0.25, 0.3) is 0 Å². The smallest absolute Gasteiger partial charge is 0.188 e. The Morgan fingerprint density at radius 1 is 1.50 bits per heavy atom. The Kier molecular flexibility index (Phi) is 3.64. The number of nitrogens with two attached hydrogens (primary N) is 1. The summed E-state index contributed by atoms with van der Waals surface area (Å²) in [5, 5.41) is 0. The Bertz CT molecular complexity index is 354. The summed E-state index contributed by atoms with van der Waals surface area (Å²) in [5.74, 6) is 1.65. The van der Waals surface area contributed by atoms with E-state index in [1.807, 2.05) is 18.2 Å². The van der Waals surface area contributed by atoms with Crippen LogP contribution in [-0.2, 0) is 11.2 Å². The summed E-state index contributed by atoms with van der Waals surface area (Å²) < 4.78 is 16.0. The molecule has 0 amide bonds. The van der Waals surface area contributed by atoms with Crippen molar-refractivity contribution in [1.82, 2.24) is 0 Å². The maximum atomic E-state index is 5.76. The first kappa shape index (κ1) is 11.2. The van der Waals surface area contributed by atoms with Crippen LogP contribution in [0.25, 0.3) is 0 Å². The molecule has 1 aliphatic heterocycles. The molecular weight excluding hydrogens is 206 g/mol. The molecule has 4 heteroatoms. The predicted octanol–water partition coefficient (Wildman–Crippen LogP) is 1.32. The maximum Gasteiger partial charge on any atom is 0.188 e. The fourth-order valence-corrected chi connectivity index (χ4v) is 1.79. The molecule has 0 aliphatic carbocycles. The number of fused-ring (bicyclic) bond motifs is 1. The highest BCUT2D eigenvalue weighted by molar-refractivity contribution is 5.42. The zero-order valence-electron chi connectivity index (χ0n) is 9.44. The number of hydrogen-bond acceptors (Lipinski definition) is 4. The van der Waals surface area contributed by atoms with Crippen LogP contribution in [0.2, 0.25) is 0 Å². The number of benzene rings is 1. The van der Waals surface area contributed by atoms with Crippen molar-refractivity contribution in [2.24, 2.45) is 5.73 Å². The van der Waals surface area contributed by atoms with Crippen molar-refractivity contribution < 1.29 is 14.2 Å². The van der Waals surface area contributed by atoms with E-state index < -0.39 is 0 Å². The second-order valence-electron chi connectivity index (χ2n) is 3.83. The second kappa shape index (κ2) is 5.18. The van der Waals surface area contributed by atoms with E-state index in [1.54, 1.807) is 7.11 Å². The van der Waals surface area contributed by atoms with Crippen molar-refractivity contribution in [1.29, 1.82) is 0 Å². The molecule has 1 atom stereocenters. The molecule has 0 aromatic heterocycles. The Balaban J connectivity index is 2.11. The van der Waals surface area contributed by atoms with E-state index in [0.29, 0.717) is 6.54 Å². The predicted molar refractivity (Wildman–Crippen MR) is 60.7 cm³/mol. The molecule has 1 aromatic rings. The Morgan fingerprint density at radius 2 is 2.38 bits per heavy atom. The second-order valence-corrected chi connectivity index (χ2v) is 3.83. The van der Waals surface area contributed by atoms with Crippen LogP contribution in [0.1, 0.15) is 12.0 Å². The highest BCUT2D eigenvalue weighted by Gasteiger charge is 2.18. The fourth-order valence-electron chi connectivity index (χ4n) is 1.79. The number of ether oxygens (including phenoxy) is 3. The average Bonchev–Trinajstić information content (AvgIpc) is 2.35. The molecule has 0 radical (unpaired) electrons. The Hall–Kier alpha value is -1.26. The molecule has 4 nitrogen and oxygen atoms in total. The van der Waals surface area contributed by atoms with Gasteiger partial charge in [-0.05, 0) is 24.5 Å². The van der Waals surface area contributed by atoms with Gasteiger partial charge in [-0.15, -0.1) is 0 Å². The van der Waals surface area contributed by atoms with Crippen molar-refractivity contribution in [3.63, 3.8) is 0 Å². The lowest BCUT2D eigenvalue weighted by Crippen LogP contribution is -2.30. The lowest BCUT2D eigenvalue weighted by Gasteiger charge is -2.25. The molecule has 1 heterocycles. The first-order valence-electron chi connectivity index (χ1n) is 5.45. The van der Waals surface area contributed by atoms with Gasteiger partial charge >= 0.3 is 0 Å². The molecule has 88 valence electrons. The Morgan fingerprint density at radius 3 is 3.12 bits per heavy atom. The minimum atomic E-state index is 0.130. The van der Waals surface area contributed by atoms with E-state index in [4.69, 9.17) is 19.9 Å². The molecule has 0 saturated heterocycles. The monoisotopic (exact) mass is 223 g/mol. The molecule has 0 fully saturated rings. The third-order valence-electron chi connectivity index (χ3n) is 2.67. The van der Waals surface area contributed by atoms with Gasteiger partial charge in [0.05, 0.1) is 0 Å². The first-order valence-corrected chi connectivity index (χ1v) is 5.45. The van der Waals surface area contributed by atoms with Crippen LogP contribution in [0, 0.1) is 0 Å². The summed E-state index contributed by atoms with van der Waals surface area (Å²) in [6.45, 7) is 0.807. The van der Waals surface area contributed by atoms with E-state index in [0.717, 1.165) is 24.3 Å². The molecule has 0 bridgehead atoms. The summed E-state index contributed by atoms with van der Waals surface area (Å²) in [6, 6.07) is 5.87. The highest BCUT2D eigenvalue weighted by Crippen LogP contribution is 2.31. The van der Waals surface area contributed by atoms with Crippen molar-refractivity contribution >= 4 is 0 Å². The van der Waals surface area contributed by atoms with E-state index in [-0.39, 0.29) is 12.9 Å². The third-order valence-corrected chi connectivity index (χ3v) is 2.67. The molecule has 0 spiro atoms. The lowest BCUT2D eigenvalue weighted by atomic mass is 10.0. The summed E-state index contributed by atoms with van der Waals surface area (Å²) in [7, 11) is 1.60. The molecular formula is C12H17NO3. The van der Waals surface area contributed by atoms with Gasteiger partial charge in [0, 0.05) is 19.7 Å². The number of hydrogen-bond donors (Lipinski definition) is 1. The average molecular weight is 223 g/mol. The van der Waals surface area contributed by atoms with E-state index in [2.05, 4.69) is 0 Å². The zero-order chi connectivity index (χ0) is 11.4. The molecule has 0 unspecified atom stereocenters. The van der Waals surface area contributed by atoms with Gasteiger partial charge in [-0.3, -0.25) is 0 Å². The van der Waals surface area contributed by atoms with Gasteiger partial charge in [0.2, 0.25) is 0 Å². The van der Waals surface area contributed by atoms with Crippen LogP contribution in [-0.4, -0.2) is 26.6 Å². The third kappa shape index (κ3) is 2.46. The van der Waals surface area contributed by atoms with E-state index in [1.165, 1.54) is 5.56 Å². The van der Waals surface area contributed by atoms with Gasteiger partial charge in [-0.1, -0.05) is 6.07 Å². The van der Waals surface area contributed by atoms with Gasteiger partial charge in [0.1, 0.15) is 17.6 Å². The minimum absolute atomic E-state index is 0.130. The van der Waals surface area contributed by atoms with Gasteiger partial charge in [0.15, 0.2) is 6.79 Å². The fraction of sp³-hybridized carbons (Fsp3) is 0.500. The number of methoxy groups -OCH3 is 1. The van der Waals surface area contributed by atoms with E-state index in [9.17, 15) is 0 Å². The normalized spacial score (nSPS) is 18.8. The zero-order valence-corrected chi connectivity index (χ0v) is 9.44. The number of aryl methyl sites for hydroxylation is 1. The number of rotatable bonds is 4. The molecule has 1 aliphatic rings. The molecule has 2 rings (SSSR count). The standard InChI is InChI=1S/C12H17NO3/c1-14-8-15-10-4-2-9-3-5-11(7-13)16-12(9)6-10/h2,4,6,11H,3,5,7-8,13H2,1H3/t11-/m1/s1. The summed E-state index contributed by atoms with van der Waals surface area (Å²) in [6.07, 6.45) is 2.13. The van der Waals surface area contributed by atoms with Crippen LogP contribution in [0.3, 0.4) is 0 Å². The van der Waals surface area contributed by atoms with Crippen LogP contribution >= 0.6 is 0 Å². The minimum Gasteiger partial charge on any atom is -0.489 e. The summed E-state index contributed by atoms with van der Waals surface area (Å²) in [5.41, 5.74) is 6.82. The van der Waals surface area contributed by atoms with Crippen molar-refractivity contribution in [3.05, 3.63) is 23.8 Å². The topological polar surface area (TPSA) is 53.7 Å². The largest absolute Gasteiger partial charge is 0.489 e. The van der Waals surface area contributed by atoms with Crippen LogP contribution in [0.4, 0.5) is 0 Å². The van der Waals surface area contributed by atoms with Crippen molar-refractivity contribution in [2.45, 2.75) is 18.9 Å². The molecule has 1 aromatic carbocycles. The molecule has 2 N–H and O–H groups in total. The molecule has 16 heavy (non-hydrogen) atoms. The Labute approximate surface area is 95.3 Å². The SMILES string of the molecule is COCOc1ccc2c(c1)O[C@@H](CN)CC2. The maximum absolute atomic E-state index is 5.76. The highest BCUT2D eigenvalue weighted by atomic mass is 16.7. The summed E-state index contributed by atoms with van der Waals surface area (Å²) >= 11 is 0. The lowest BCUT2D eigenvalue weighted by molar-refractivity contribution is 0.0507. The summed E-state index contributed by atoms with van der Waals surface area (Å²) in [4.78, 5) is 0. The van der Waals surface area contributed by atoms with Crippen LogP contribution < -0.4 is 15.2 Å².